The van der Waals surface area contributed by atoms with Crippen molar-refractivity contribution in [1.29, 1.82) is 0 Å². The zero-order chi connectivity index (χ0) is 9.12. The molecule has 3 nitrogen and oxygen atoms in total. The van der Waals surface area contributed by atoms with E-state index in [1.807, 2.05) is 12.8 Å². The Morgan fingerprint density at radius 3 is 2.00 bits per heavy atom. The van der Waals surface area contributed by atoms with Crippen molar-refractivity contribution in [3.8, 4) is 12.0 Å². The molecule has 0 radical (unpaired) electrons. The van der Waals surface area contributed by atoms with Crippen LogP contribution in [0.15, 0.2) is 0 Å². The highest BCUT2D eigenvalue weighted by atomic mass is 16.5. The molecule has 0 aromatic carbocycles. The predicted octanol–water partition coefficient (Wildman–Crippen LogP) is 0.437. The van der Waals surface area contributed by atoms with Crippen LogP contribution in [0.25, 0.3) is 0 Å². The minimum Gasteiger partial charge on any atom is -0.462 e. The molecule has 3 N–H and O–H groups in total. The average Bonchev–Trinajstić information content (AvgIpc) is 1.87. The Labute approximate surface area is 66.7 Å². The number of hydrogen-bond donors (Lipinski definition) is 3. The minimum absolute atomic E-state index is 0.564. The van der Waals surface area contributed by atoms with Gasteiger partial charge in [0.25, 0.3) is 0 Å². The van der Waals surface area contributed by atoms with Gasteiger partial charge in [-0.3, -0.25) is 0 Å². The van der Waals surface area contributed by atoms with Gasteiger partial charge in [-0.25, -0.2) is 0 Å². The van der Waals surface area contributed by atoms with E-state index in [0.717, 1.165) is 0 Å². The van der Waals surface area contributed by atoms with Crippen LogP contribution in [0.4, 0.5) is 0 Å². The van der Waals surface area contributed by atoms with E-state index in [1.54, 1.807) is 13.8 Å². The fourth-order valence-electron chi connectivity index (χ4n) is 0.494. The first-order valence-electron chi connectivity index (χ1n) is 3.48. The zero-order valence-electron chi connectivity index (χ0n) is 7.05. The van der Waals surface area contributed by atoms with E-state index in [1.165, 1.54) is 6.11 Å². The van der Waals surface area contributed by atoms with Crippen molar-refractivity contribution in [2.75, 3.05) is 0 Å². The van der Waals surface area contributed by atoms with Crippen LogP contribution in [0.2, 0.25) is 0 Å². The number of hydrogen-bond acceptors (Lipinski definition) is 3. The second-order valence-corrected chi connectivity index (χ2v) is 3.15. The highest BCUT2D eigenvalue weighted by Crippen LogP contribution is 2.31. The summed E-state index contributed by atoms with van der Waals surface area (Å²) in [4.78, 5) is 0. The van der Waals surface area contributed by atoms with Gasteiger partial charge in [-0.2, -0.15) is 0 Å². The Hall–Kier alpha value is -0.720. The van der Waals surface area contributed by atoms with E-state index in [9.17, 15) is 10.2 Å². The van der Waals surface area contributed by atoms with Crippen LogP contribution in [0, 0.1) is 17.4 Å². The Morgan fingerprint density at radius 1 is 1.27 bits per heavy atom. The van der Waals surface area contributed by atoms with E-state index in [-0.39, 0.29) is 0 Å². The molecule has 0 amide bonds. The predicted molar refractivity (Wildman–Crippen MR) is 41.0 cm³/mol. The lowest BCUT2D eigenvalue weighted by Gasteiger charge is -2.32. The lowest BCUT2D eigenvalue weighted by atomic mass is 9.81. The van der Waals surface area contributed by atoms with Crippen molar-refractivity contribution in [2.45, 2.75) is 33.0 Å². The summed E-state index contributed by atoms with van der Waals surface area (Å²) in [6.45, 7) is 5.15. The zero-order valence-corrected chi connectivity index (χ0v) is 7.05. The van der Waals surface area contributed by atoms with Crippen molar-refractivity contribution in [3.63, 3.8) is 0 Å². The smallest absolute Gasteiger partial charge is 0.237 e. The highest BCUT2D eigenvalue weighted by molar-refractivity contribution is 5.09. The Kier molecular flexibility index (Phi) is 2.92. The van der Waals surface area contributed by atoms with Gasteiger partial charge < -0.3 is 15.3 Å². The first-order valence-corrected chi connectivity index (χ1v) is 3.48. The molecule has 11 heavy (non-hydrogen) atoms. The topological polar surface area (TPSA) is 60.7 Å². The molecule has 0 aromatic heterocycles. The fraction of sp³-hybridized carbons (Fsp3) is 0.750. The molecule has 0 fully saturated rings. The second kappa shape index (κ2) is 3.12. The molecule has 0 aliphatic carbocycles. The molecule has 0 rings (SSSR count). The van der Waals surface area contributed by atoms with Gasteiger partial charge in [0.15, 0.2) is 0 Å². The van der Waals surface area contributed by atoms with E-state index in [4.69, 9.17) is 5.11 Å². The Balaban J connectivity index is 4.62. The minimum atomic E-state index is -2.11. The molecule has 0 saturated heterocycles. The molecule has 0 aromatic rings. The van der Waals surface area contributed by atoms with Crippen molar-refractivity contribution in [1.82, 2.24) is 0 Å². The summed E-state index contributed by atoms with van der Waals surface area (Å²) < 4.78 is 0. The van der Waals surface area contributed by atoms with Crippen LogP contribution in [0.1, 0.15) is 27.2 Å². The summed E-state index contributed by atoms with van der Waals surface area (Å²) in [6.07, 6.45) is 2.06. The third kappa shape index (κ3) is 2.11. The average molecular weight is 158 g/mol. The van der Waals surface area contributed by atoms with Crippen molar-refractivity contribution >= 4 is 0 Å². The molecule has 3 heteroatoms. The van der Waals surface area contributed by atoms with Crippen LogP contribution >= 0.6 is 0 Å². The van der Waals surface area contributed by atoms with Crippen LogP contribution in [0.3, 0.4) is 0 Å². The van der Waals surface area contributed by atoms with Gasteiger partial charge >= 0.3 is 0 Å². The lowest BCUT2D eigenvalue weighted by Crippen LogP contribution is -2.42. The summed E-state index contributed by atoms with van der Waals surface area (Å²) in [5.41, 5.74) is -0.733. The summed E-state index contributed by atoms with van der Waals surface area (Å²) in [5, 5.41) is 26.7. The van der Waals surface area contributed by atoms with Crippen LogP contribution in [-0.4, -0.2) is 21.1 Å². The highest BCUT2D eigenvalue weighted by Gasteiger charge is 2.39. The largest absolute Gasteiger partial charge is 0.462 e. The summed E-state index contributed by atoms with van der Waals surface area (Å²) in [7, 11) is 0. The van der Waals surface area contributed by atoms with E-state index in [0.29, 0.717) is 6.42 Å². The van der Waals surface area contributed by atoms with Crippen molar-refractivity contribution < 1.29 is 15.3 Å². The normalized spacial score (nSPS) is 12.1. The number of aliphatic hydroxyl groups is 3. The Bertz CT molecular complexity index is 183. The van der Waals surface area contributed by atoms with Gasteiger partial charge in [0, 0.05) is 11.3 Å². The maximum absolute atomic E-state index is 9.26. The summed E-state index contributed by atoms with van der Waals surface area (Å²) in [6, 6.07) is 0. The third-order valence-electron chi connectivity index (χ3n) is 2.06. The molecule has 0 aliphatic heterocycles. The molecule has 64 valence electrons. The monoisotopic (exact) mass is 158 g/mol. The van der Waals surface area contributed by atoms with Crippen LogP contribution in [0.5, 0.6) is 0 Å². The molecule has 0 bridgehead atoms. The number of rotatable bonds is 2. The fourth-order valence-corrected chi connectivity index (χ4v) is 0.494. The second-order valence-electron chi connectivity index (χ2n) is 3.15. The SMILES string of the molecule is CCC(C)(C)C(O)(O)C#CO. The van der Waals surface area contributed by atoms with Gasteiger partial charge in [-0.05, 0) is 6.42 Å². The van der Waals surface area contributed by atoms with Gasteiger partial charge in [0.05, 0.1) is 0 Å². The van der Waals surface area contributed by atoms with Crippen LogP contribution in [-0.2, 0) is 0 Å². The van der Waals surface area contributed by atoms with Crippen LogP contribution < -0.4 is 0 Å². The number of aliphatic hydroxyl groups excluding tert-OH is 1. The van der Waals surface area contributed by atoms with E-state index in [2.05, 4.69) is 0 Å². The molecule has 0 unspecified atom stereocenters. The van der Waals surface area contributed by atoms with Crippen molar-refractivity contribution in [2.24, 2.45) is 5.41 Å². The third-order valence-corrected chi connectivity index (χ3v) is 2.06. The summed E-state index contributed by atoms with van der Waals surface area (Å²) >= 11 is 0. The first-order chi connectivity index (χ1) is 4.87. The first kappa shape index (κ1) is 10.3. The molecule has 0 saturated carbocycles. The molecular formula is C8H14O3. The lowest BCUT2D eigenvalue weighted by molar-refractivity contribution is -0.187. The maximum atomic E-state index is 9.26. The maximum Gasteiger partial charge on any atom is 0.237 e. The molecule has 0 aliphatic rings. The van der Waals surface area contributed by atoms with Gasteiger partial charge in [0.1, 0.15) is 6.11 Å². The Morgan fingerprint density at radius 2 is 1.73 bits per heavy atom. The molecule has 0 heterocycles. The van der Waals surface area contributed by atoms with Gasteiger partial charge in [-0.1, -0.05) is 20.8 Å². The van der Waals surface area contributed by atoms with E-state index < -0.39 is 11.2 Å². The molecule has 0 spiro atoms. The standard InChI is InChI=1S/C8H14O3/c1-4-7(2,3)8(10,11)5-6-9/h9-11H,4H2,1-3H3. The van der Waals surface area contributed by atoms with Gasteiger partial charge in [-0.15, -0.1) is 0 Å². The summed E-state index contributed by atoms with van der Waals surface area (Å²) in [5.74, 6) is -0.185. The van der Waals surface area contributed by atoms with E-state index >= 15 is 0 Å². The van der Waals surface area contributed by atoms with Crippen molar-refractivity contribution in [3.05, 3.63) is 0 Å². The van der Waals surface area contributed by atoms with Gasteiger partial charge in [0.2, 0.25) is 5.79 Å². The molecular weight excluding hydrogens is 144 g/mol. The molecule has 0 atom stereocenters. The quantitative estimate of drug-likeness (QED) is 0.403.